The molecule has 0 spiro atoms. The van der Waals surface area contributed by atoms with Crippen LogP contribution < -0.4 is 5.32 Å². The summed E-state index contributed by atoms with van der Waals surface area (Å²) in [6, 6.07) is 11.1. The Morgan fingerprint density at radius 1 is 1.09 bits per heavy atom. The number of aromatic nitrogens is 1. The number of nitrogens with zero attached hydrogens (tertiary/aromatic N) is 2. The van der Waals surface area contributed by atoms with E-state index in [0.717, 1.165) is 0 Å². The summed E-state index contributed by atoms with van der Waals surface area (Å²) in [6.07, 6.45) is 1.18. The molecule has 1 N–H and O–H groups in total. The zero-order valence-corrected chi connectivity index (χ0v) is 20.5. The molecule has 32 heavy (non-hydrogen) atoms. The van der Waals surface area contributed by atoms with Gasteiger partial charge < -0.3 is 5.32 Å². The Kier molecular flexibility index (Phi) is 7.09. The fraction of sp³-hybridized carbons (Fsp3) is 0.238. The topological polar surface area (TPSA) is 79.4 Å². The summed E-state index contributed by atoms with van der Waals surface area (Å²) in [5, 5.41) is 6.51. The number of amides is 1. The first-order valence-electron chi connectivity index (χ1n) is 9.71. The van der Waals surface area contributed by atoms with Crippen LogP contribution in [-0.2, 0) is 14.8 Å². The largest absolute Gasteiger partial charge is 0.302 e. The first-order valence-corrected chi connectivity index (χ1v) is 13.2. The number of rotatable bonds is 5. The first kappa shape index (κ1) is 23.5. The van der Waals surface area contributed by atoms with E-state index in [0.29, 0.717) is 50.8 Å². The Hall–Kier alpha value is -1.68. The monoisotopic (exact) mass is 529 g/mol. The molecular weight excluding hydrogens is 513 g/mol. The van der Waals surface area contributed by atoms with Crippen molar-refractivity contribution >= 4 is 67.2 Å². The minimum Gasteiger partial charge on any atom is -0.302 e. The minimum atomic E-state index is -3.70. The molecule has 0 aliphatic carbocycles. The fourth-order valence-corrected chi connectivity index (χ4v) is 6.24. The average Bonchev–Trinajstić information content (AvgIpc) is 3.24. The average molecular weight is 531 g/mol. The number of thiazole rings is 1. The van der Waals surface area contributed by atoms with Crippen LogP contribution in [0.1, 0.15) is 12.8 Å². The maximum Gasteiger partial charge on any atom is 0.243 e. The number of nitrogens with one attached hydrogen (secondary N) is 1. The number of sulfonamides is 1. The molecule has 6 nitrogen and oxygen atoms in total. The summed E-state index contributed by atoms with van der Waals surface area (Å²) >= 11 is 19.4. The van der Waals surface area contributed by atoms with E-state index in [2.05, 4.69) is 10.3 Å². The van der Waals surface area contributed by atoms with E-state index >= 15 is 0 Å². The SMILES string of the molecule is O=C(Nc1nc(-c2cc(Cl)ccc2Cl)cs1)C1CCCN(S(=O)(=O)c2ccc(Cl)cc2)C1. The molecule has 0 saturated carbocycles. The number of piperidine rings is 1. The van der Waals surface area contributed by atoms with Crippen LogP contribution >= 0.6 is 46.1 Å². The van der Waals surface area contributed by atoms with Crippen molar-refractivity contribution < 1.29 is 13.2 Å². The third kappa shape index (κ3) is 5.11. The molecule has 2 heterocycles. The third-order valence-corrected chi connectivity index (χ3v) is 8.60. The van der Waals surface area contributed by atoms with Gasteiger partial charge in [0.1, 0.15) is 0 Å². The maximum absolute atomic E-state index is 13.0. The molecule has 168 valence electrons. The molecule has 1 unspecified atom stereocenters. The molecule has 1 fully saturated rings. The summed E-state index contributed by atoms with van der Waals surface area (Å²) in [5.74, 6) is -0.743. The number of carbonyl (C=O) groups excluding carboxylic acids is 1. The Balaban J connectivity index is 1.46. The van der Waals surface area contributed by atoms with Crippen LogP contribution in [-0.4, -0.2) is 36.7 Å². The molecule has 1 aliphatic heterocycles. The van der Waals surface area contributed by atoms with Gasteiger partial charge in [0.15, 0.2) is 5.13 Å². The lowest BCUT2D eigenvalue weighted by molar-refractivity contribution is -0.120. The fourth-order valence-electron chi connectivity index (χ4n) is 3.49. The van der Waals surface area contributed by atoms with Crippen LogP contribution in [0, 0.1) is 5.92 Å². The summed E-state index contributed by atoms with van der Waals surface area (Å²) in [6.45, 7) is 0.471. The van der Waals surface area contributed by atoms with Crippen molar-refractivity contribution in [3.8, 4) is 11.3 Å². The van der Waals surface area contributed by atoms with Crippen molar-refractivity contribution in [1.29, 1.82) is 0 Å². The lowest BCUT2D eigenvalue weighted by Crippen LogP contribution is -2.43. The van der Waals surface area contributed by atoms with E-state index < -0.39 is 15.9 Å². The van der Waals surface area contributed by atoms with Gasteiger partial charge in [-0.2, -0.15) is 4.31 Å². The summed E-state index contributed by atoms with van der Waals surface area (Å²) in [4.78, 5) is 17.5. The summed E-state index contributed by atoms with van der Waals surface area (Å²) in [7, 11) is -3.70. The van der Waals surface area contributed by atoms with Crippen molar-refractivity contribution in [2.45, 2.75) is 17.7 Å². The first-order chi connectivity index (χ1) is 15.2. The standard InChI is InChI=1S/C21H18Cl3N3O3S2/c22-14-3-6-16(7-4-14)32(29,30)27-9-1-2-13(11-27)20(28)26-21-25-19(12-31-21)17-10-15(23)5-8-18(17)24/h3-8,10,12-13H,1-2,9,11H2,(H,25,26,28). The highest BCUT2D eigenvalue weighted by molar-refractivity contribution is 7.89. The smallest absolute Gasteiger partial charge is 0.243 e. The molecule has 1 aromatic heterocycles. The second-order valence-electron chi connectivity index (χ2n) is 7.31. The van der Waals surface area contributed by atoms with Gasteiger partial charge in [-0.15, -0.1) is 11.3 Å². The quantitative estimate of drug-likeness (QED) is 0.451. The molecule has 1 atom stereocenters. The van der Waals surface area contributed by atoms with Gasteiger partial charge >= 0.3 is 0 Å². The molecule has 4 rings (SSSR count). The molecule has 1 amide bonds. The normalized spacial score (nSPS) is 17.3. The Labute approximate surface area is 205 Å². The lowest BCUT2D eigenvalue weighted by atomic mass is 9.99. The maximum atomic E-state index is 13.0. The van der Waals surface area contributed by atoms with E-state index in [-0.39, 0.29) is 17.3 Å². The summed E-state index contributed by atoms with van der Waals surface area (Å²) < 4.78 is 27.3. The number of hydrogen-bond donors (Lipinski definition) is 1. The highest BCUT2D eigenvalue weighted by Crippen LogP contribution is 2.33. The van der Waals surface area contributed by atoms with E-state index in [9.17, 15) is 13.2 Å². The van der Waals surface area contributed by atoms with E-state index in [1.165, 1.54) is 39.9 Å². The zero-order valence-electron chi connectivity index (χ0n) is 16.6. The molecule has 1 saturated heterocycles. The van der Waals surface area contributed by atoms with Gasteiger partial charge in [-0.1, -0.05) is 34.8 Å². The van der Waals surface area contributed by atoms with E-state index in [1.54, 1.807) is 23.6 Å². The molecule has 3 aromatic rings. The van der Waals surface area contributed by atoms with E-state index in [4.69, 9.17) is 34.8 Å². The van der Waals surface area contributed by atoms with Crippen molar-refractivity contribution in [2.24, 2.45) is 5.92 Å². The third-order valence-electron chi connectivity index (χ3n) is 5.15. The Morgan fingerprint density at radius 2 is 1.81 bits per heavy atom. The van der Waals surface area contributed by atoms with E-state index in [1.807, 2.05) is 0 Å². The number of anilines is 1. The second kappa shape index (κ2) is 9.67. The van der Waals surface area contributed by atoms with Crippen LogP contribution in [0.4, 0.5) is 5.13 Å². The predicted molar refractivity (Wildman–Crippen MR) is 129 cm³/mol. The predicted octanol–water partition coefficient (Wildman–Crippen LogP) is 5.81. The molecule has 2 aromatic carbocycles. The van der Waals surface area contributed by atoms with Gasteiger partial charge in [0.05, 0.1) is 21.5 Å². The van der Waals surface area contributed by atoms with Crippen molar-refractivity contribution in [3.05, 3.63) is 62.9 Å². The molecule has 0 radical (unpaired) electrons. The van der Waals surface area contributed by atoms with Crippen LogP contribution in [0.3, 0.4) is 0 Å². The second-order valence-corrected chi connectivity index (χ2v) is 11.4. The Bertz CT molecular complexity index is 1250. The highest BCUT2D eigenvalue weighted by atomic mass is 35.5. The van der Waals surface area contributed by atoms with Gasteiger partial charge in [0.2, 0.25) is 15.9 Å². The van der Waals surface area contributed by atoms with Gasteiger partial charge in [-0.05, 0) is 55.3 Å². The van der Waals surface area contributed by atoms with Crippen LogP contribution in [0.25, 0.3) is 11.3 Å². The Morgan fingerprint density at radius 3 is 2.56 bits per heavy atom. The number of hydrogen-bond acceptors (Lipinski definition) is 5. The van der Waals surface area contributed by atoms with Gasteiger partial charge in [0.25, 0.3) is 0 Å². The number of benzene rings is 2. The molecular formula is C21H18Cl3N3O3S2. The summed E-state index contributed by atoms with van der Waals surface area (Å²) in [5.41, 5.74) is 1.28. The lowest BCUT2D eigenvalue weighted by Gasteiger charge is -2.31. The molecule has 1 aliphatic rings. The van der Waals surface area contributed by atoms with Crippen molar-refractivity contribution in [1.82, 2.24) is 9.29 Å². The highest BCUT2D eigenvalue weighted by Gasteiger charge is 2.33. The van der Waals surface area contributed by atoms with Crippen LogP contribution in [0.2, 0.25) is 15.1 Å². The van der Waals surface area contributed by atoms with Crippen molar-refractivity contribution in [3.63, 3.8) is 0 Å². The number of carbonyl (C=O) groups is 1. The number of halogens is 3. The minimum absolute atomic E-state index is 0.106. The molecule has 0 bridgehead atoms. The van der Waals surface area contributed by atoms with Crippen LogP contribution in [0.5, 0.6) is 0 Å². The van der Waals surface area contributed by atoms with Gasteiger partial charge in [-0.25, -0.2) is 13.4 Å². The molecule has 11 heteroatoms. The van der Waals surface area contributed by atoms with Crippen molar-refractivity contribution in [2.75, 3.05) is 18.4 Å². The van der Waals surface area contributed by atoms with Crippen LogP contribution in [0.15, 0.2) is 52.7 Å². The van der Waals surface area contributed by atoms with Gasteiger partial charge in [0, 0.05) is 34.1 Å². The van der Waals surface area contributed by atoms with Gasteiger partial charge in [-0.3, -0.25) is 4.79 Å². The zero-order chi connectivity index (χ0) is 22.9.